The number of hydrogen-bond donors (Lipinski definition) is 1. The van der Waals surface area contributed by atoms with E-state index in [1.807, 2.05) is 35.0 Å². The van der Waals surface area contributed by atoms with E-state index in [0.717, 1.165) is 17.2 Å². The Morgan fingerprint density at radius 3 is 2.56 bits per heavy atom. The van der Waals surface area contributed by atoms with E-state index < -0.39 is 0 Å². The Balaban J connectivity index is 2.07. The zero-order chi connectivity index (χ0) is 12.5. The van der Waals surface area contributed by atoms with Crippen molar-refractivity contribution in [2.24, 2.45) is 0 Å². The Morgan fingerprint density at radius 1 is 1.00 bits per heavy atom. The molecule has 0 atom stereocenters. The highest BCUT2D eigenvalue weighted by Crippen LogP contribution is 2.24. The maximum absolute atomic E-state index is 4.37. The van der Waals surface area contributed by atoms with E-state index >= 15 is 0 Å². The molecule has 0 amide bonds. The predicted octanol–water partition coefficient (Wildman–Crippen LogP) is 3.69. The molecule has 0 radical (unpaired) electrons. The molecule has 0 aliphatic heterocycles. The van der Waals surface area contributed by atoms with Gasteiger partial charge in [0.2, 0.25) is 0 Å². The largest absolute Gasteiger partial charge is 0.340 e. The summed E-state index contributed by atoms with van der Waals surface area (Å²) in [4.78, 5) is 4.37. The summed E-state index contributed by atoms with van der Waals surface area (Å²) in [6.45, 7) is 4.22. The minimum absolute atomic E-state index is 0.950. The Morgan fingerprint density at radius 2 is 1.78 bits per heavy atom. The number of rotatable bonds is 2. The third-order valence-corrected chi connectivity index (χ3v) is 3.15. The zero-order valence-electron chi connectivity index (χ0n) is 10.5. The molecule has 90 valence electrons. The average molecular weight is 237 g/mol. The monoisotopic (exact) mass is 237 g/mol. The minimum Gasteiger partial charge on any atom is -0.340 e. The van der Waals surface area contributed by atoms with Crippen LogP contribution in [0.3, 0.4) is 0 Å². The molecule has 0 saturated carbocycles. The number of nitrogens with zero attached hydrogens (tertiary/aromatic N) is 2. The predicted molar refractivity (Wildman–Crippen MR) is 74.4 cm³/mol. The van der Waals surface area contributed by atoms with Crippen molar-refractivity contribution in [3.63, 3.8) is 0 Å². The average Bonchev–Trinajstić information content (AvgIpc) is 2.77. The van der Waals surface area contributed by atoms with E-state index in [1.54, 1.807) is 0 Å². The maximum atomic E-state index is 4.37. The summed E-state index contributed by atoms with van der Waals surface area (Å²) in [6, 6.07) is 12.3. The molecular weight excluding hydrogens is 222 g/mol. The number of nitrogens with one attached hydrogen (secondary N) is 1. The minimum atomic E-state index is 0.950. The Labute approximate surface area is 106 Å². The van der Waals surface area contributed by atoms with Crippen LogP contribution in [0.5, 0.6) is 0 Å². The molecule has 2 aromatic heterocycles. The van der Waals surface area contributed by atoms with Crippen LogP contribution in [0.2, 0.25) is 0 Å². The molecule has 0 unspecified atom stereocenters. The molecular formula is C15H15N3. The lowest BCUT2D eigenvalue weighted by atomic mass is 10.1. The van der Waals surface area contributed by atoms with Crippen molar-refractivity contribution in [3.8, 4) is 0 Å². The highest BCUT2D eigenvalue weighted by molar-refractivity contribution is 5.66. The maximum Gasteiger partial charge on any atom is 0.138 e. The van der Waals surface area contributed by atoms with Gasteiger partial charge in [0, 0.05) is 11.9 Å². The number of aryl methyl sites for hydroxylation is 2. The van der Waals surface area contributed by atoms with E-state index in [1.165, 1.54) is 11.1 Å². The summed E-state index contributed by atoms with van der Waals surface area (Å²) < 4.78 is 2.05. The van der Waals surface area contributed by atoms with Gasteiger partial charge in [-0.15, -0.1) is 0 Å². The summed E-state index contributed by atoms with van der Waals surface area (Å²) in [7, 11) is 0. The van der Waals surface area contributed by atoms with Crippen LogP contribution in [0.1, 0.15) is 11.1 Å². The van der Waals surface area contributed by atoms with Gasteiger partial charge in [-0.25, -0.2) is 4.98 Å². The van der Waals surface area contributed by atoms with Gasteiger partial charge in [-0.1, -0.05) is 24.3 Å². The molecule has 0 fully saturated rings. The van der Waals surface area contributed by atoms with Crippen LogP contribution in [0.15, 0.2) is 48.8 Å². The first kappa shape index (κ1) is 10.8. The van der Waals surface area contributed by atoms with Crippen molar-refractivity contribution in [1.29, 1.82) is 0 Å². The molecule has 1 N–H and O–H groups in total. The topological polar surface area (TPSA) is 29.3 Å². The molecule has 18 heavy (non-hydrogen) atoms. The Bertz CT molecular complexity index is 678. The second kappa shape index (κ2) is 4.18. The van der Waals surface area contributed by atoms with Crippen molar-refractivity contribution in [3.05, 3.63) is 59.9 Å². The summed E-state index contributed by atoms with van der Waals surface area (Å²) >= 11 is 0. The Kier molecular flexibility index (Phi) is 2.52. The van der Waals surface area contributed by atoms with Crippen molar-refractivity contribution in [2.45, 2.75) is 13.8 Å². The molecule has 0 bridgehead atoms. The van der Waals surface area contributed by atoms with Gasteiger partial charge < -0.3 is 5.32 Å². The van der Waals surface area contributed by atoms with E-state index in [-0.39, 0.29) is 0 Å². The van der Waals surface area contributed by atoms with Crippen LogP contribution in [-0.2, 0) is 0 Å². The van der Waals surface area contributed by atoms with Crippen LogP contribution in [0, 0.1) is 13.8 Å². The molecule has 0 aliphatic rings. The normalized spacial score (nSPS) is 10.8. The fourth-order valence-corrected chi connectivity index (χ4v) is 2.16. The number of anilines is 2. The molecule has 0 spiro atoms. The molecule has 2 heterocycles. The zero-order valence-corrected chi connectivity index (χ0v) is 10.5. The fraction of sp³-hybridized carbons (Fsp3) is 0.133. The van der Waals surface area contributed by atoms with E-state index in [4.69, 9.17) is 0 Å². The summed E-state index contributed by atoms with van der Waals surface area (Å²) in [5, 5.41) is 3.46. The molecule has 1 aromatic carbocycles. The first-order valence-corrected chi connectivity index (χ1v) is 6.01. The highest BCUT2D eigenvalue weighted by atomic mass is 15.1. The van der Waals surface area contributed by atoms with Crippen molar-refractivity contribution in [1.82, 2.24) is 9.38 Å². The molecule has 3 aromatic rings. The number of pyridine rings is 1. The summed E-state index contributed by atoms with van der Waals surface area (Å²) in [6.07, 6.45) is 3.87. The number of fused-ring (bicyclic) bond motifs is 1. The summed E-state index contributed by atoms with van der Waals surface area (Å²) in [5.74, 6) is 0.989. The fourth-order valence-electron chi connectivity index (χ4n) is 2.16. The lowest BCUT2D eigenvalue weighted by Gasteiger charge is -2.11. The van der Waals surface area contributed by atoms with Crippen molar-refractivity contribution < 1.29 is 0 Å². The van der Waals surface area contributed by atoms with Gasteiger partial charge in [-0.2, -0.15) is 0 Å². The van der Waals surface area contributed by atoms with Crippen molar-refractivity contribution in [2.75, 3.05) is 5.32 Å². The van der Waals surface area contributed by atoms with Gasteiger partial charge in [0.25, 0.3) is 0 Å². The molecule has 3 heteroatoms. The number of para-hydroxylation sites is 1. The van der Waals surface area contributed by atoms with Gasteiger partial charge in [-0.3, -0.25) is 4.40 Å². The van der Waals surface area contributed by atoms with Gasteiger partial charge in [-0.05, 0) is 37.1 Å². The van der Waals surface area contributed by atoms with Crippen LogP contribution < -0.4 is 5.32 Å². The van der Waals surface area contributed by atoms with Crippen LogP contribution in [0.25, 0.3) is 5.65 Å². The van der Waals surface area contributed by atoms with E-state index in [9.17, 15) is 0 Å². The highest BCUT2D eigenvalue weighted by Gasteiger charge is 2.06. The Hall–Kier alpha value is -2.29. The molecule has 0 aliphatic carbocycles. The lowest BCUT2D eigenvalue weighted by molar-refractivity contribution is 1.18. The third-order valence-electron chi connectivity index (χ3n) is 3.15. The van der Waals surface area contributed by atoms with Crippen LogP contribution in [0.4, 0.5) is 11.5 Å². The van der Waals surface area contributed by atoms with Crippen LogP contribution in [-0.4, -0.2) is 9.38 Å². The first-order valence-electron chi connectivity index (χ1n) is 6.01. The standard InChI is InChI=1S/C15H15N3/c1-11-6-5-7-12(2)15(11)17-14-10-16-13-8-3-4-9-18(13)14/h3-10,17H,1-2H3. The van der Waals surface area contributed by atoms with Gasteiger partial charge in [0.05, 0.1) is 6.20 Å². The van der Waals surface area contributed by atoms with Gasteiger partial charge in [0.1, 0.15) is 11.5 Å². The third kappa shape index (κ3) is 1.74. The second-order valence-electron chi connectivity index (χ2n) is 4.46. The molecule has 3 rings (SSSR count). The number of hydrogen-bond acceptors (Lipinski definition) is 2. The quantitative estimate of drug-likeness (QED) is 0.736. The summed E-state index contributed by atoms with van der Waals surface area (Å²) in [5.41, 5.74) is 4.58. The molecule has 0 saturated heterocycles. The lowest BCUT2D eigenvalue weighted by Crippen LogP contribution is -1.98. The van der Waals surface area contributed by atoms with Gasteiger partial charge in [0.15, 0.2) is 0 Å². The molecule has 3 nitrogen and oxygen atoms in total. The number of aromatic nitrogens is 2. The van der Waals surface area contributed by atoms with Gasteiger partial charge >= 0.3 is 0 Å². The van der Waals surface area contributed by atoms with Crippen LogP contribution >= 0.6 is 0 Å². The SMILES string of the molecule is Cc1cccc(C)c1Nc1cnc2ccccn12. The first-order chi connectivity index (χ1) is 8.75. The van der Waals surface area contributed by atoms with E-state index in [0.29, 0.717) is 0 Å². The smallest absolute Gasteiger partial charge is 0.138 e. The number of benzene rings is 1. The van der Waals surface area contributed by atoms with Crippen molar-refractivity contribution >= 4 is 17.2 Å². The van der Waals surface area contributed by atoms with E-state index in [2.05, 4.69) is 42.3 Å². The second-order valence-corrected chi connectivity index (χ2v) is 4.46. The number of imidazole rings is 1.